The third-order valence-corrected chi connectivity index (χ3v) is 4.28. The number of hydrogen-bond acceptors (Lipinski definition) is 2. The predicted octanol–water partition coefficient (Wildman–Crippen LogP) is 4.25. The van der Waals surface area contributed by atoms with Crippen LogP contribution in [-0.2, 0) is 6.54 Å². The quantitative estimate of drug-likeness (QED) is 0.746. The van der Waals surface area contributed by atoms with E-state index in [1.54, 1.807) is 24.3 Å². The lowest BCUT2D eigenvalue weighted by Crippen LogP contribution is -2.29. The van der Waals surface area contributed by atoms with Crippen LogP contribution in [0.3, 0.4) is 0 Å². The zero-order chi connectivity index (χ0) is 18.7. The summed E-state index contributed by atoms with van der Waals surface area (Å²) in [5.74, 6) is -1.02. The van der Waals surface area contributed by atoms with Crippen molar-refractivity contribution in [2.75, 3.05) is 5.32 Å². The molecule has 0 unspecified atom stereocenters. The van der Waals surface area contributed by atoms with E-state index in [0.717, 1.165) is 5.56 Å². The van der Waals surface area contributed by atoms with Crippen molar-refractivity contribution in [2.45, 2.75) is 13.5 Å². The Kier molecular flexibility index (Phi) is 5.19. The van der Waals surface area contributed by atoms with Crippen LogP contribution in [0.2, 0.25) is 5.02 Å². The fourth-order valence-corrected chi connectivity index (χ4v) is 2.83. The summed E-state index contributed by atoms with van der Waals surface area (Å²) < 4.78 is 15.2. The van der Waals surface area contributed by atoms with Crippen LogP contribution >= 0.6 is 11.6 Å². The zero-order valence-electron chi connectivity index (χ0n) is 14.0. The van der Waals surface area contributed by atoms with E-state index in [2.05, 4.69) is 5.32 Å². The number of benzene rings is 2. The Balaban J connectivity index is 1.90. The molecule has 3 rings (SSSR count). The molecule has 1 amide bonds. The molecule has 0 bridgehead atoms. The lowest BCUT2D eigenvalue weighted by atomic mass is 10.2. The molecule has 0 aliphatic heterocycles. The molecule has 0 saturated heterocycles. The van der Waals surface area contributed by atoms with Gasteiger partial charge in [0.1, 0.15) is 11.4 Å². The van der Waals surface area contributed by atoms with E-state index in [9.17, 15) is 14.0 Å². The highest BCUT2D eigenvalue weighted by Gasteiger charge is 2.14. The van der Waals surface area contributed by atoms with Crippen LogP contribution in [0.5, 0.6) is 0 Å². The number of nitrogens with one attached hydrogen (secondary N) is 1. The molecular formula is C20H16ClFN2O2. The summed E-state index contributed by atoms with van der Waals surface area (Å²) in [4.78, 5) is 25.1. The fourth-order valence-electron chi connectivity index (χ4n) is 2.61. The van der Waals surface area contributed by atoms with Gasteiger partial charge in [0.25, 0.3) is 11.5 Å². The normalized spacial score (nSPS) is 10.6. The number of halogens is 2. The summed E-state index contributed by atoms with van der Waals surface area (Å²) in [5, 5.41) is 2.93. The maximum Gasteiger partial charge on any atom is 0.263 e. The van der Waals surface area contributed by atoms with E-state index in [1.165, 1.54) is 29.0 Å². The van der Waals surface area contributed by atoms with E-state index in [0.29, 0.717) is 5.69 Å². The van der Waals surface area contributed by atoms with Gasteiger partial charge in [0, 0.05) is 22.5 Å². The van der Waals surface area contributed by atoms with Crippen LogP contribution in [0.1, 0.15) is 21.5 Å². The molecule has 0 saturated carbocycles. The molecule has 0 spiro atoms. The van der Waals surface area contributed by atoms with Gasteiger partial charge in [0.05, 0.1) is 6.54 Å². The van der Waals surface area contributed by atoms with Crippen molar-refractivity contribution >= 4 is 23.2 Å². The SMILES string of the molecule is Cc1cccc(NC(=O)c2cccn(Cc3c(F)cccc3Cl)c2=O)c1. The summed E-state index contributed by atoms with van der Waals surface area (Å²) in [6, 6.07) is 14.6. The highest BCUT2D eigenvalue weighted by Crippen LogP contribution is 2.19. The fraction of sp³-hybridized carbons (Fsp3) is 0.100. The van der Waals surface area contributed by atoms with Crippen LogP contribution in [0, 0.1) is 12.7 Å². The molecule has 4 nitrogen and oxygen atoms in total. The van der Waals surface area contributed by atoms with Gasteiger partial charge in [-0.3, -0.25) is 9.59 Å². The maximum absolute atomic E-state index is 14.0. The van der Waals surface area contributed by atoms with Crippen molar-refractivity contribution in [3.05, 3.63) is 98.7 Å². The Morgan fingerprint density at radius 1 is 1.15 bits per heavy atom. The number of aryl methyl sites for hydroxylation is 1. The van der Waals surface area contributed by atoms with Gasteiger partial charge < -0.3 is 9.88 Å². The minimum Gasteiger partial charge on any atom is -0.322 e. The van der Waals surface area contributed by atoms with Gasteiger partial charge in [-0.15, -0.1) is 0 Å². The van der Waals surface area contributed by atoms with Crippen LogP contribution in [0.15, 0.2) is 65.6 Å². The molecule has 6 heteroatoms. The van der Waals surface area contributed by atoms with Crippen molar-refractivity contribution in [3.8, 4) is 0 Å². The van der Waals surface area contributed by atoms with Gasteiger partial charge in [0.15, 0.2) is 0 Å². The standard InChI is InChI=1S/C20H16ClFN2O2/c1-13-5-2-6-14(11-13)23-19(25)15-7-4-10-24(20(15)26)12-16-17(21)8-3-9-18(16)22/h2-11H,12H2,1H3,(H,23,25). The molecule has 1 N–H and O–H groups in total. The number of pyridine rings is 1. The number of carbonyl (C=O) groups excluding carboxylic acids is 1. The summed E-state index contributed by atoms with van der Waals surface area (Å²) >= 11 is 6.02. The van der Waals surface area contributed by atoms with Gasteiger partial charge in [-0.2, -0.15) is 0 Å². The van der Waals surface area contributed by atoms with Crippen molar-refractivity contribution in [2.24, 2.45) is 0 Å². The number of anilines is 1. The van der Waals surface area contributed by atoms with Crippen LogP contribution in [0.4, 0.5) is 10.1 Å². The minimum atomic E-state index is -0.519. The van der Waals surface area contributed by atoms with Crippen molar-refractivity contribution < 1.29 is 9.18 Å². The van der Waals surface area contributed by atoms with Crippen molar-refractivity contribution in [1.82, 2.24) is 4.57 Å². The second-order valence-corrected chi connectivity index (χ2v) is 6.29. The third kappa shape index (κ3) is 3.83. The van der Waals surface area contributed by atoms with Crippen LogP contribution in [-0.4, -0.2) is 10.5 Å². The average molecular weight is 371 g/mol. The molecular weight excluding hydrogens is 355 g/mol. The molecule has 0 radical (unpaired) electrons. The van der Waals surface area contributed by atoms with E-state index in [1.807, 2.05) is 19.1 Å². The first-order valence-electron chi connectivity index (χ1n) is 7.96. The Morgan fingerprint density at radius 2 is 1.92 bits per heavy atom. The lowest BCUT2D eigenvalue weighted by Gasteiger charge is -2.11. The third-order valence-electron chi connectivity index (χ3n) is 3.93. The Hall–Kier alpha value is -2.92. The molecule has 0 fully saturated rings. The first-order valence-corrected chi connectivity index (χ1v) is 8.34. The van der Waals surface area contributed by atoms with Crippen molar-refractivity contribution in [3.63, 3.8) is 0 Å². The number of amides is 1. The monoisotopic (exact) mass is 370 g/mol. The highest BCUT2D eigenvalue weighted by atomic mass is 35.5. The number of carbonyl (C=O) groups is 1. The molecule has 0 aliphatic carbocycles. The molecule has 0 aliphatic rings. The van der Waals surface area contributed by atoms with Crippen LogP contribution in [0.25, 0.3) is 0 Å². The van der Waals surface area contributed by atoms with Crippen LogP contribution < -0.4 is 10.9 Å². The number of aromatic nitrogens is 1. The Morgan fingerprint density at radius 3 is 2.65 bits per heavy atom. The molecule has 3 aromatic rings. The smallest absolute Gasteiger partial charge is 0.263 e. The summed E-state index contributed by atoms with van der Waals surface area (Å²) in [6.45, 7) is 1.85. The van der Waals surface area contributed by atoms with Gasteiger partial charge >= 0.3 is 0 Å². The van der Waals surface area contributed by atoms with Gasteiger partial charge in [-0.1, -0.05) is 29.8 Å². The summed E-state index contributed by atoms with van der Waals surface area (Å²) in [7, 11) is 0. The molecule has 132 valence electrons. The van der Waals surface area contributed by atoms with E-state index in [-0.39, 0.29) is 22.7 Å². The predicted molar refractivity (Wildman–Crippen MR) is 100 cm³/mol. The maximum atomic E-state index is 14.0. The highest BCUT2D eigenvalue weighted by molar-refractivity contribution is 6.31. The first kappa shape index (κ1) is 17.9. The van der Waals surface area contributed by atoms with E-state index < -0.39 is 17.3 Å². The summed E-state index contributed by atoms with van der Waals surface area (Å²) in [5.41, 5.74) is 1.25. The second kappa shape index (κ2) is 7.54. The molecule has 1 aromatic heterocycles. The number of rotatable bonds is 4. The largest absolute Gasteiger partial charge is 0.322 e. The first-order chi connectivity index (χ1) is 12.5. The van der Waals surface area contributed by atoms with Gasteiger partial charge in [-0.05, 0) is 48.9 Å². The van der Waals surface area contributed by atoms with E-state index >= 15 is 0 Å². The molecule has 1 heterocycles. The number of hydrogen-bond donors (Lipinski definition) is 1. The van der Waals surface area contributed by atoms with E-state index in [4.69, 9.17) is 11.6 Å². The van der Waals surface area contributed by atoms with Crippen molar-refractivity contribution in [1.29, 1.82) is 0 Å². The lowest BCUT2D eigenvalue weighted by molar-refractivity contribution is 0.102. The average Bonchev–Trinajstić information content (AvgIpc) is 2.59. The molecule has 0 atom stereocenters. The Labute approximate surface area is 154 Å². The van der Waals surface area contributed by atoms with Gasteiger partial charge in [0.2, 0.25) is 0 Å². The minimum absolute atomic E-state index is 0.0264. The van der Waals surface area contributed by atoms with Gasteiger partial charge in [-0.25, -0.2) is 4.39 Å². The second-order valence-electron chi connectivity index (χ2n) is 5.88. The number of nitrogens with zero attached hydrogens (tertiary/aromatic N) is 1. The zero-order valence-corrected chi connectivity index (χ0v) is 14.8. The summed E-state index contributed by atoms with van der Waals surface area (Å²) in [6.07, 6.45) is 1.49. The molecule has 2 aromatic carbocycles. The Bertz CT molecular complexity index is 1010. The molecule has 26 heavy (non-hydrogen) atoms. The topological polar surface area (TPSA) is 51.1 Å².